The number of H-pyrrole nitrogens is 1. The minimum atomic E-state index is -0.0607. The van der Waals surface area contributed by atoms with Crippen molar-refractivity contribution >= 4 is 28.2 Å². The van der Waals surface area contributed by atoms with Crippen molar-refractivity contribution in [2.24, 2.45) is 0 Å². The van der Waals surface area contributed by atoms with Gasteiger partial charge in [-0.2, -0.15) is 0 Å². The Morgan fingerprint density at radius 2 is 1.90 bits per heavy atom. The Hall–Kier alpha value is -2.70. The molecule has 2 aromatic carbocycles. The summed E-state index contributed by atoms with van der Waals surface area (Å²) in [5.41, 5.74) is 3.87. The maximum atomic E-state index is 12.6. The van der Waals surface area contributed by atoms with Crippen molar-refractivity contribution in [3.05, 3.63) is 81.6 Å². The van der Waals surface area contributed by atoms with Gasteiger partial charge in [-0.3, -0.25) is 4.79 Å². The third-order valence-corrected chi connectivity index (χ3v) is 5.30. The summed E-state index contributed by atoms with van der Waals surface area (Å²) >= 11 is 5.68. The zero-order chi connectivity index (χ0) is 20.8. The Bertz CT molecular complexity index is 1030. The second-order valence-electron chi connectivity index (χ2n) is 7.74. The van der Waals surface area contributed by atoms with Crippen LogP contribution in [0.1, 0.15) is 16.7 Å². The van der Waals surface area contributed by atoms with Crippen molar-refractivity contribution in [3.63, 3.8) is 0 Å². The number of likely N-dealkylation sites (N-methyl/N-ethyl adjacent to an activating group) is 1. The summed E-state index contributed by atoms with van der Waals surface area (Å²) in [5.74, 6) is 0. The quantitative estimate of drug-likeness (QED) is 0.522. The number of aryl methyl sites for hydroxylation is 1. The molecule has 3 N–H and O–H groups in total. The molecule has 0 saturated heterocycles. The molecule has 1 heterocycles. The summed E-state index contributed by atoms with van der Waals surface area (Å²) in [6.07, 6.45) is 0. The number of benzene rings is 2. The van der Waals surface area contributed by atoms with Crippen molar-refractivity contribution in [1.82, 2.24) is 15.2 Å². The van der Waals surface area contributed by atoms with Gasteiger partial charge in [0.05, 0.1) is 33.7 Å². The van der Waals surface area contributed by atoms with E-state index in [-0.39, 0.29) is 5.56 Å². The van der Waals surface area contributed by atoms with Gasteiger partial charge in [0.1, 0.15) is 0 Å². The summed E-state index contributed by atoms with van der Waals surface area (Å²) < 4.78 is 0. The Morgan fingerprint density at radius 1 is 1.14 bits per heavy atom. The molecule has 0 unspecified atom stereocenters. The van der Waals surface area contributed by atoms with Gasteiger partial charge < -0.3 is 20.1 Å². The fraction of sp³-hybridized carbons (Fsp3) is 0.304. The average Bonchev–Trinajstić information content (AvgIpc) is 2.70. The van der Waals surface area contributed by atoms with Crippen molar-refractivity contribution in [2.75, 3.05) is 27.2 Å². The van der Waals surface area contributed by atoms with Gasteiger partial charge in [0.2, 0.25) is 0 Å². The predicted octanol–water partition coefficient (Wildman–Crippen LogP) is 1.86. The highest BCUT2D eigenvalue weighted by atomic mass is 32.1. The number of pyridine rings is 1. The molecule has 1 aromatic heterocycles. The molecule has 0 atom stereocenters. The molecule has 0 radical (unpaired) electrons. The first-order valence-corrected chi connectivity index (χ1v) is 10.3. The zero-order valence-corrected chi connectivity index (χ0v) is 18.1. The van der Waals surface area contributed by atoms with Crippen molar-refractivity contribution < 1.29 is 4.90 Å². The molecule has 0 aliphatic carbocycles. The third kappa shape index (κ3) is 5.89. The fourth-order valence-electron chi connectivity index (χ4n) is 3.19. The minimum absolute atomic E-state index is 0.0607. The summed E-state index contributed by atoms with van der Waals surface area (Å²) in [7, 11) is 4.23. The number of hydrogen-bond acceptors (Lipinski definition) is 2. The highest BCUT2D eigenvalue weighted by molar-refractivity contribution is 7.80. The van der Waals surface area contributed by atoms with Crippen LogP contribution in [0, 0.1) is 6.92 Å². The molecule has 0 aliphatic heterocycles. The van der Waals surface area contributed by atoms with Crippen LogP contribution in [-0.2, 0) is 13.1 Å². The minimum Gasteiger partial charge on any atom is -0.358 e. The molecular formula is C23H29N4OS+. The van der Waals surface area contributed by atoms with Crippen LogP contribution in [0.4, 0.5) is 0 Å². The molecule has 3 rings (SSSR count). The van der Waals surface area contributed by atoms with E-state index >= 15 is 0 Å². The number of rotatable bonds is 7. The number of aromatic nitrogens is 1. The van der Waals surface area contributed by atoms with Crippen LogP contribution in [0.25, 0.3) is 10.9 Å². The average molecular weight is 410 g/mol. The Balaban J connectivity index is 1.79. The van der Waals surface area contributed by atoms with Crippen LogP contribution in [-0.4, -0.2) is 42.2 Å². The molecule has 0 bridgehead atoms. The van der Waals surface area contributed by atoms with Gasteiger partial charge in [-0.05, 0) is 48.3 Å². The van der Waals surface area contributed by atoms with E-state index in [4.69, 9.17) is 12.2 Å². The van der Waals surface area contributed by atoms with Crippen molar-refractivity contribution in [3.8, 4) is 0 Å². The lowest BCUT2D eigenvalue weighted by Gasteiger charge is -2.26. The number of nitrogens with zero attached hydrogens (tertiary/aromatic N) is 1. The monoisotopic (exact) mass is 409 g/mol. The maximum Gasteiger partial charge on any atom is 0.253 e. The van der Waals surface area contributed by atoms with Gasteiger partial charge in [0.15, 0.2) is 5.11 Å². The lowest BCUT2D eigenvalue weighted by Crippen LogP contribution is -3.06. The largest absolute Gasteiger partial charge is 0.358 e. The highest BCUT2D eigenvalue weighted by Crippen LogP contribution is 2.14. The SMILES string of the molecule is Cc1ccc2[nH]c(=O)c(CN(CC[NH+](C)C)C(=S)NCc3ccccc3)cc2c1. The molecule has 6 heteroatoms. The van der Waals surface area contributed by atoms with Crippen molar-refractivity contribution in [1.29, 1.82) is 0 Å². The highest BCUT2D eigenvalue weighted by Gasteiger charge is 2.14. The summed E-state index contributed by atoms with van der Waals surface area (Å²) in [6.45, 7) is 4.90. The van der Waals surface area contributed by atoms with Crippen LogP contribution in [0.2, 0.25) is 0 Å². The van der Waals surface area contributed by atoms with Crippen LogP contribution in [0.15, 0.2) is 59.4 Å². The van der Waals surface area contributed by atoms with E-state index in [1.54, 1.807) is 0 Å². The molecular weight excluding hydrogens is 380 g/mol. The fourth-order valence-corrected chi connectivity index (χ4v) is 3.42. The molecule has 0 saturated carbocycles. The number of quaternary nitrogens is 1. The Morgan fingerprint density at radius 3 is 2.62 bits per heavy atom. The molecule has 0 spiro atoms. The van der Waals surface area contributed by atoms with Gasteiger partial charge in [-0.25, -0.2) is 0 Å². The number of hydrogen-bond donors (Lipinski definition) is 3. The van der Waals surface area contributed by atoms with E-state index < -0.39 is 0 Å². The van der Waals surface area contributed by atoms with E-state index in [9.17, 15) is 4.79 Å². The first-order valence-electron chi connectivity index (χ1n) is 9.90. The van der Waals surface area contributed by atoms with Crippen molar-refractivity contribution in [2.45, 2.75) is 20.0 Å². The first-order chi connectivity index (χ1) is 13.9. The lowest BCUT2D eigenvalue weighted by atomic mass is 10.1. The smallest absolute Gasteiger partial charge is 0.253 e. The van der Waals surface area contributed by atoms with Crippen LogP contribution >= 0.6 is 12.2 Å². The molecule has 0 fully saturated rings. The summed E-state index contributed by atoms with van der Waals surface area (Å²) in [5, 5.41) is 5.05. The van der Waals surface area contributed by atoms with Gasteiger partial charge in [0.25, 0.3) is 5.56 Å². The second kappa shape index (κ2) is 9.67. The maximum absolute atomic E-state index is 12.6. The van der Waals surface area contributed by atoms with Crippen LogP contribution in [0.5, 0.6) is 0 Å². The zero-order valence-electron chi connectivity index (χ0n) is 17.3. The van der Waals surface area contributed by atoms with Gasteiger partial charge in [-0.1, -0.05) is 42.0 Å². The van der Waals surface area contributed by atoms with Crippen LogP contribution < -0.4 is 15.8 Å². The van der Waals surface area contributed by atoms with Gasteiger partial charge in [-0.15, -0.1) is 0 Å². The predicted molar refractivity (Wildman–Crippen MR) is 123 cm³/mol. The molecule has 152 valence electrons. The standard InChI is InChI=1S/C23H28N4OS/c1-17-9-10-21-19(13-17)14-20(22(28)25-21)16-27(12-11-26(2)3)23(29)24-15-18-7-5-4-6-8-18/h4-10,13-14H,11-12,15-16H2,1-3H3,(H,24,29)(H,25,28)/p+1. The Labute approximate surface area is 177 Å². The first kappa shape index (κ1) is 21.0. The van der Waals surface area contributed by atoms with Gasteiger partial charge in [0, 0.05) is 17.6 Å². The Kier molecular flexibility index (Phi) is 7.01. The summed E-state index contributed by atoms with van der Waals surface area (Å²) in [6, 6.07) is 18.2. The third-order valence-electron chi connectivity index (χ3n) is 4.89. The summed E-state index contributed by atoms with van der Waals surface area (Å²) in [4.78, 5) is 19.1. The van der Waals surface area contributed by atoms with E-state index in [0.717, 1.165) is 29.6 Å². The lowest BCUT2D eigenvalue weighted by molar-refractivity contribution is -0.857. The molecule has 3 aromatic rings. The molecule has 29 heavy (non-hydrogen) atoms. The molecule has 5 nitrogen and oxygen atoms in total. The molecule has 0 amide bonds. The number of nitrogens with one attached hydrogen (secondary N) is 3. The number of thiocarbonyl (C=S) groups is 1. The van der Waals surface area contributed by atoms with E-state index in [2.05, 4.69) is 54.4 Å². The van der Waals surface area contributed by atoms with E-state index in [0.29, 0.717) is 18.2 Å². The molecule has 0 aliphatic rings. The van der Waals surface area contributed by atoms with E-state index in [1.807, 2.05) is 36.4 Å². The number of aromatic amines is 1. The van der Waals surface area contributed by atoms with Gasteiger partial charge >= 0.3 is 0 Å². The van der Waals surface area contributed by atoms with E-state index in [1.165, 1.54) is 16.0 Å². The topological polar surface area (TPSA) is 52.6 Å². The normalized spacial score (nSPS) is 11.0. The number of fused-ring (bicyclic) bond motifs is 1. The van der Waals surface area contributed by atoms with Crippen LogP contribution in [0.3, 0.4) is 0 Å². The second-order valence-corrected chi connectivity index (χ2v) is 8.12.